The summed E-state index contributed by atoms with van der Waals surface area (Å²) < 4.78 is 5.21. The normalized spacial score (nSPS) is 13.4. The molecule has 0 saturated carbocycles. The lowest BCUT2D eigenvalue weighted by molar-refractivity contribution is -0.384. The minimum absolute atomic E-state index is 0.0455. The Hall–Kier alpha value is -2.31. The zero-order valence-electron chi connectivity index (χ0n) is 12.1. The number of nitro benzene ring substituents is 1. The van der Waals surface area contributed by atoms with Gasteiger partial charge in [0, 0.05) is 6.54 Å². The second-order valence-electron chi connectivity index (χ2n) is 5.02. The van der Waals surface area contributed by atoms with E-state index in [4.69, 9.17) is 4.74 Å². The molecule has 0 unspecified atom stereocenters. The molecule has 1 aliphatic rings. The molecule has 1 heterocycles. The van der Waals surface area contributed by atoms with Gasteiger partial charge in [0.15, 0.2) is 12.4 Å². The van der Waals surface area contributed by atoms with Gasteiger partial charge < -0.3 is 15.4 Å². The Morgan fingerprint density at radius 1 is 1.43 bits per heavy atom. The third kappa shape index (κ3) is 3.42. The van der Waals surface area contributed by atoms with Gasteiger partial charge in [0.05, 0.1) is 16.7 Å². The average molecular weight is 293 g/mol. The maximum Gasteiger partial charge on any atom is 0.296 e. The summed E-state index contributed by atoms with van der Waals surface area (Å²) in [5.74, 6) is 0.517. The third-order valence-electron chi connectivity index (χ3n) is 3.66. The fourth-order valence-corrected chi connectivity index (χ4v) is 2.24. The van der Waals surface area contributed by atoms with E-state index in [2.05, 4.69) is 24.5 Å². The number of benzene rings is 1. The van der Waals surface area contributed by atoms with Crippen LogP contribution in [0.4, 0.5) is 17.1 Å². The van der Waals surface area contributed by atoms with Gasteiger partial charge in [-0.2, -0.15) is 0 Å². The topological polar surface area (TPSA) is 93.5 Å². The largest absolute Gasteiger partial charge is 0.481 e. The Labute approximate surface area is 122 Å². The van der Waals surface area contributed by atoms with E-state index in [0.717, 1.165) is 12.8 Å². The van der Waals surface area contributed by atoms with Crippen LogP contribution in [0.3, 0.4) is 0 Å². The minimum Gasteiger partial charge on any atom is -0.481 e. The quantitative estimate of drug-likeness (QED) is 0.621. The summed E-state index contributed by atoms with van der Waals surface area (Å²) in [5, 5.41) is 16.9. The van der Waals surface area contributed by atoms with Crippen LogP contribution < -0.4 is 15.4 Å². The standard InChI is InChI=1S/C14H19N3O4/c1-3-9(4-2)7-15-10-5-11-13(6-12(10)17(19)20)21-8-14(18)16-11/h5-6,9,15H,3-4,7-8H2,1-2H3,(H,16,18). The van der Waals surface area contributed by atoms with Gasteiger partial charge in [-0.3, -0.25) is 14.9 Å². The highest BCUT2D eigenvalue weighted by molar-refractivity contribution is 5.96. The number of anilines is 2. The molecule has 114 valence electrons. The van der Waals surface area contributed by atoms with Crippen LogP contribution in [0.15, 0.2) is 12.1 Å². The molecule has 1 aliphatic heterocycles. The monoisotopic (exact) mass is 293 g/mol. The van der Waals surface area contributed by atoms with Crippen molar-refractivity contribution in [1.29, 1.82) is 0 Å². The van der Waals surface area contributed by atoms with E-state index >= 15 is 0 Å². The average Bonchev–Trinajstić information content (AvgIpc) is 2.47. The highest BCUT2D eigenvalue weighted by Gasteiger charge is 2.23. The molecule has 2 rings (SSSR count). The summed E-state index contributed by atoms with van der Waals surface area (Å²) in [6, 6.07) is 2.91. The smallest absolute Gasteiger partial charge is 0.296 e. The van der Waals surface area contributed by atoms with E-state index in [1.54, 1.807) is 6.07 Å². The van der Waals surface area contributed by atoms with E-state index in [1.165, 1.54) is 6.07 Å². The van der Waals surface area contributed by atoms with E-state index in [9.17, 15) is 14.9 Å². The van der Waals surface area contributed by atoms with Crippen molar-refractivity contribution in [3.63, 3.8) is 0 Å². The maximum atomic E-state index is 11.3. The van der Waals surface area contributed by atoms with Gasteiger partial charge in [0.1, 0.15) is 5.69 Å². The van der Waals surface area contributed by atoms with Crippen molar-refractivity contribution in [2.45, 2.75) is 26.7 Å². The van der Waals surface area contributed by atoms with Gasteiger partial charge in [0.2, 0.25) is 0 Å². The van der Waals surface area contributed by atoms with Gasteiger partial charge in [-0.1, -0.05) is 26.7 Å². The number of hydrogen-bond acceptors (Lipinski definition) is 5. The van der Waals surface area contributed by atoms with Gasteiger partial charge in [-0.05, 0) is 12.0 Å². The third-order valence-corrected chi connectivity index (χ3v) is 3.66. The number of nitrogens with one attached hydrogen (secondary N) is 2. The molecule has 0 aliphatic carbocycles. The Bertz CT molecular complexity index is 555. The van der Waals surface area contributed by atoms with Crippen LogP contribution in [0.5, 0.6) is 5.75 Å². The molecule has 1 aromatic carbocycles. The second-order valence-corrected chi connectivity index (χ2v) is 5.02. The van der Waals surface area contributed by atoms with Gasteiger partial charge in [-0.15, -0.1) is 0 Å². The predicted molar refractivity (Wildman–Crippen MR) is 79.8 cm³/mol. The summed E-state index contributed by atoms with van der Waals surface area (Å²) in [4.78, 5) is 22.1. The number of nitrogens with zero attached hydrogens (tertiary/aromatic N) is 1. The first-order valence-corrected chi connectivity index (χ1v) is 7.04. The lowest BCUT2D eigenvalue weighted by Crippen LogP contribution is -2.25. The molecule has 0 saturated heterocycles. The molecule has 0 fully saturated rings. The Morgan fingerprint density at radius 2 is 2.14 bits per heavy atom. The fraction of sp³-hybridized carbons (Fsp3) is 0.500. The number of amides is 1. The molecule has 7 nitrogen and oxygen atoms in total. The molecule has 0 bridgehead atoms. The number of carbonyl (C=O) groups is 1. The van der Waals surface area contributed by atoms with Crippen molar-refractivity contribution in [3.05, 3.63) is 22.2 Å². The lowest BCUT2D eigenvalue weighted by atomic mass is 10.0. The SMILES string of the molecule is CCC(CC)CNc1cc2c(cc1[N+](=O)[O-])OCC(=O)N2. The number of carbonyl (C=O) groups excluding carboxylic acids is 1. The van der Waals surface area contributed by atoms with Gasteiger partial charge in [-0.25, -0.2) is 0 Å². The minimum atomic E-state index is -0.449. The zero-order valence-corrected chi connectivity index (χ0v) is 12.1. The first kappa shape index (κ1) is 15.1. The molecule has 7 heteroatoms. The first-order chi connectivity index (χ1) is 10.0. The highest BCUT2D eigenvalue weighted by Crippen LogP contribution is 2.37. The molecule has 0 spiro atoms. The summed E-state index contributed by atoms with van der Waals surface area (Å²) in [5.41, 5.74) is 0.816. The number of fused-ring (bicyclic) bond motifs is 1. The first-order valence-electron chi connectivity index (χ1n) is 7.04. The van der Waals surface area contributed by atoms with Crippen LogP contribution >= 0.6 is 0 Å². The Balaban J connectivity index is 2.27. The summed E-state index contributed by atoms with van der Waals surface area (Å²) in [6.45, 7) is 4.71. The van der Waals surface area contributed by atoms with Crippen molar-refractivity contribution in [2.24, 2.45) is 5.92 Å². The maximum absolute atomic E-state index is 11.3. The van der Waals surface area contributed by atoms with Crippen molar-refractivity contribution in [3.8, 4) is 5.75 Å². The van der Waals surface area contributed by atoms with Crippen molar-refractivity contribution < 1.29 is 14.5 Å². The summed E-state index contributed by atoms with van der Waals surface area (Å²) >= 11 is 0. The number of rotatable bonds is 6. The second kappa shape index (κ2) is 6.43. The molecule has 0 aromatic heterocycles. The molecular formula is C14H19N3O4. The number of nitro groups is 1. The van der Waals surface area contributed by atoms with Gasteiger partial charge >= 0.3 is 0 Å². The van der Waals surface area contributed by atoms with Gasteiger partial charge in [0.25, 0.3) is 11.6 Å². The molecular weight excluding hydrogens is 274 g/mol. The van der Waals surface area contributed by atoms with Crippen LogP contribution in [0.2, 0.25) is 0 Å². The van der Waals surface area contributed by atoms with Crippen molar-refractivity contribution in [2.75, 3.05) is 23.8 Å². The summed E-state index contributed by atoms with van der Waals surface area (Å²) in [6.07, 6.45) is 2.00. The van der Waals surface area contributed by atoms with Crippen LogP contribution in [0.1, 0.15) is 26.7 Å². The Morgan fingerprint density at radius 3 is 2.76 bits per heavy atom. The molecule has 21 heavy (non-hydrogen) atoms. The summed E-state index contributed by atoms with van der Waals surface area (Å²) in [7, 11) is 0. The predicted octanol–water partition coefficient (Wildman–Crippen LogP) is 2.77. The van der Waals surface area contributed by atoms with Crippen molar-refractivity contribution in [1.82, 2.24) is 0 Å². The number of ether oxygens (including phenoxy) is 1. The Kier molecular flexibility index (Phi) is 4.62. The molecule has 2 N–H and O–H groups in total. The molecule has 0 radical (unpaired) electrons. The fourth-order valence-electron chi connectivity index (χ4n) is 2.24. The molecule has 0 atom stereocenters. The van der Waals surface area contributed by atoms with E-state index < -0.39 is 4.92 Å². The van der Waals surface area contributed by atoms with E-state index in [0.29, 0.717) is 29.6 Å². The van der Waals surface area contributed by atoms with Crippen molar-refractivity contribution >= 4 is 23.0 Å². The van der Waals surface area contributed by atoms with E-state index in [-0.39, 0.29) is 18.2 Å². The van der Waals surface area contributed by atoms with Crippen LogP contribution in [0, 0.1) is 16.0 Å². The zero-order chi connectivity index (χ0) is 15.4. The molecule has 1 amide bonds. The number of hydrogen-bond donors (Lipinski definition) is 2. The lowest BCUT2D eigenvalue weighted by Gasteiger charge is -2.20. The highest BCUT2D eigenvalue weighted by atomic mass is 16.6. The van der Waals surface area contributed by atoms with Crippen LogP contribution in [-0.2, 0) is 4.79 Å². The van der Waals surface area contributed by atoms with E-state index in [1.807, 2.05) is 0 Å². The molecule has 1 aromatic rings. The van der Waals surface area contributed by atoms with Crippen LogP contribution in [-0.4, -0.2) is 24.0 Å². The van der Waals surface area contributed by atoms with Crippen LogP contribution in [0.25, 0.3) is 0 Å².